The summed E-state index contributed by atoms with van der Waals surface area (Å²) in [5.74, 6) is 0. The van der Waals surface area contributed by atoms with Crippen LogP contribution in [0, 0.1) is 0 Å². The highest BCUT2D eigenvalue weighted by Gasteiger charge is 2.15. The van der Waals surface area contributed by atoms with E-state index in [-0.39, 0.29) is 0 Å². The summed E-state index contributed by atoms with van der Waals surface area (Å²) in [5, 5.41) is 0. The second-order valence-electron chi connectivity index (χ2n) is 11.0. The number of hydrogen-bond acceptors (Lipinski definition) is 1. The van der Waals surface area contributed by atoms with E-state index < -0.39 is 0 Å². The van der Waals surface area contributed by atoms with Gasteiger partial charge in [0.25, 0.3) is 0 Å². The molecule has 0 heterocycles. The summed E-state index contributed by atoms with van der Waals surface area (Å²) in [4.78, 5) is 2.34. The van der Waals surface area contributed by atoms with Crippen LogP contribution in [0.15, 0.2) is 120 Å². The molecule has 7 rings (SSSR count). The van der Waals surface area contributed by atoms with Crippen LogP contribution in [-0.4, -0.2) is 0 Å². The lowest BCUT2D eigenvalue weighted by Gasteiger charge is -2.26. The molecular formula is C38H32BrN. The number of nitrogens with zero attached hydrogens (tertiary/aromatic N) is 1. The number of allylic oxidation sites excluding steroid dienone is 1. The van der Waals surface area contributed by atoms with Crippen LogP contribution in [0.25, 0.3) is 28.3 Å². The lowest BCUT2D eigenvalue weighted by molar-refractivity contribution is 0.686. The highest BCUT2D eigenvalue weighted by molar-refractivity contribution is 9.10. The summed E-state index contributed by atoms with van der Waals surface area (Å²) in [6.45, 7) is 0. The van der Waals surface area contributed by atoms with E-state index in [1.54, 1.807) is 0 Å². The molecule has 0 amide bonds. The van der Waals surface area contributed by atoms with Crippen LogP contribution in [-0.2, 0) is 19.3 Å². The second-order valence-corrected chi connectivity index (χ2v) is 11.9. The van der Waals surface area contributed by atoms with Gasteiger partial charge in [-0.25, -0.2) is 0 Å². The Morgan fingerprint density at radius 3 is 1.65 bits per heavy atom. The Morgan fingerprint density at radius 2 is 1.00 bits per heavy atom. The molecule has 0 saturated carbocycles. The minimum atomic E-state index is 1.08. The molecule has 196 valence electrons. The number of rotatable bonds is 5. The molecule has 5 aromatic rings. The number of benzene rings is 5. The summed E-state index contributed by atoms with van der Waals surface area (Å²) in [5.41, 5.74) is 14.4. The number of anilines is 3. The third kappa shape index (κ3) is 5.05. The van der Waals surface area contributed by atoms with Crippen LogP contribution in [0.2, 0.25) is 0 Å². The van der Waals surface area contributed by atoms with Crippen molar-refractivity contribution in [2.75, 3.05) is 4.90 Å². The van der Waals surface area contributed by atoms with Gasteiger partial charge in [0.05, 0.1) is 0 Å². The molecule has 0 radical (unpaired) electrons. The first kappa shape index (κ1) is 25.1. The first-order valence-electron chi connectivity index (χ1n) is 14.4. The number of halogens is 1. The van der Waals surface area contributed by atoms with Gasteiger partial charge < -0.3 is 4.90 Å². The molecule has 0 spiro atoms. The zero-order chi connectivity index (χ0) is 26.9. The van der Waals surface area contributed by atoms with Crippen molar-refractivity contribution in [1.29, 1.82) is 0 Å². The maximum absolute atomic E-state index is 3.61. The Labute approximate surface area is 246 Å². The molecule has 2 heteroatoms. The van der Waals surface area contributed by atoms with E-state index in [0.29, 0.717) is 0 Å². The van der Waals surface area contributed by atoms with Crippen LogP contribution in [0.1, 0.15) is 41.5 Å². The van der Waals surface area contributed by atoms with E-state index in [1.807, 2.05) is 0 Å². The van der Waals surface area contributed by atoms with Crippen molar-refractivity contribution in [3.63, 3.8) is 0 Å². The molecule has 0 aromatic heterocycles. The minimum Gasteiger partial charge on any atom is -0.311 e. The van der Waals surface area contributed by atoms with Gasteiger partial charge in [-0.1, -0.05) is 88.7 Å². The summed E-state index contributed by atoms with van der Waals surface area (Å²) >= 11 is 3.61. The normalized spacial score (nSPS) is 13.9. The van der Waals surface area contributed by atoms with Gasteiger partial charge in [0.1, 0.15) is 0 Å². The largest absolute Gasteiger partial charge is 0.311 e. The van der Waals surface area contributed by atoms with Gasteiger partial charge in [0, 0.05) is 21.5 Å². The SMILES string of the molecule is Brc1ccc(N(c2ccc(-c3ccc4c(c3)CCC=C4)cc2)c2ccc(-c3ccc4c(c3)CCCC4)cc2)cc1. The molecule has 5 aromatic carbocycles. The number of aryl methyl sites for hydroxylation is 3. The third-order valence-corrected chi connectivity index (χ3v) is 8.90. The van der Waals surface area contributed by atoms with Crippen molar-refractivity contribution in [3.05, 3.63) is 142 Å². The Morgan fingerprint density at radius 1 is 0.475 bits per heavy atom. The zero-order valence-electron chi connectivity index (χ0n) is 22.6. The maximum atomic E-state index is 3.61. The fourth-order valence-electron chi connectivity index (χ4n) is 6.17. The average Bonchev–Trinajstić information content (AvgIpc) is 3.02. The Balaban J connectivity index is 1.22. The second kappa shape index (κ2) is 10.9. The topological polar surface area (TPSA) is 3.24 Å². The van der Waals surface area contributed by atoms with E-state index >= 15 is 0 Å². The van der Waals surface area contributed by atoms with E-state index in [0.717, 1.165) is 34.4 Å². The summed E-state index contributed by atoms with van der Waals surface area (Å²) in [6.07, 6.45) is 11.8. The summed E-state index contributed by atoms with van der Waals surface area (Å²) < 4.78 is 1.08. The fraction of sp³-hybridized carbons (Fsp3) is 0.158. The first-order chi connectivity index (χ1) is 19.7. The summed E-state index contributed by atoms with van der Waals surface area (Å²) in [6, 6.07) is 40.5. The van der Waals surface area contributed by atoms with Gasteiger partial charge in [-0.2, -0.15) is 0 Å². The predicted molar refractivity (Wildman–Crippen MR) is 174 cm³/mol. The highest BCUT2D eigenvalue weighted by atomic mass is 79.9. The Kier molecular flexibility index (Phi) is 6.87. The van der Waals surface area contributed by atoms with Crippen molar-refractivity contribution < 1.29 is 0 Å². The molecule has 0 saturated heterocycles. The van der Waals surface area contributed by atoms with Gasteiger partial charge in [0.2, 0.25) is 0 Å². The van der Waals surface area contributed by atoms with Crippen LogP contribution in [0.5, 0.6) is 0 Å². The molecule has 0 N–H and O–H groups in total. The molecule has 2 aliphatic rings. The molecule has 0 aliphatic heterocycles. The predicted octanol–water partition coefficient (Wildman–Crippen LogP) is 11.1. The molecule has 0 unspecified atom stereocenters. The minimum absolute atomic E-state index is 1.08. The molecule has 0 fully saturated rings. The van der Waals surface area contributed by atoms with Crippen LogP contribution in [0.3, 0.4) is 0 Å². The quantitative estimate of drug-likeness (QED) is 0.199. The van der Waals surface area contributed by atoms with Gasteiger partial charge in [-0.15, -0.1) is 0 Å². The maximum Gasteiger partial charge on any atom is 0.0462 e. The van der Waals surface area contributed by atoms with Crippen molar-refractivity contribution in [1.82, 2.24) is 0 Å². The van der Waals surface area contributed by atoms with Crippen LogP contribution < -0.4 is 4.90 Å². The van der Waals surface area contributed by atoms with E-state index in [4.69, 9.17) is 0 Å². The van der Waals surface area contributed by atoms with Crippen LogP contribution in [0.4, 0.5) is 17.1 Å². The van der Waals surface area contributed by atoms with Crippen molar-refractivity contribution in [2.24, 2.45) is 0 Å². The lowest BCUT2D eigenvalue weighted by Crippen LogP contribution is -2.09. The highest BCUT2D eigenvalue weighted by Crippen LogP contribution is 2.38. The van der Waals surface area contributed by atoms with Crippen molar-refractivity contribution in [2.45, 2.75) is 38.5 Å². The third-order valence-electron chi connectivity index (χ3n) is 8.37. The summed E-state index contributed by atoms with van der Waals surface area (Å²) in [7, 11) is 0. The first-order valence-corrected chi connectivity index (χ1v) is 15.2. The van der Waals surface area contributed by atoms with E-state index in [2.05, 4.69) is 142 Å². The molecule has 40 heavy (non-hydrogen) atoms. The number of fused-ring (bicyclic) bond motifs is 2. The molecule has 2 aliphatic carbocycles. The molecule has 0 bridgehead atoms. The zero-order valence-corrected chi connectivity index (χ0v) is 24.2. The van der Waals surface area contributed by atoms with E-state index in [9.17, 15) is 0 Å². The molecule has 1 nitrogen and oxygen atoms in total. The van der Waals surface area contributed by atoms with Crippen molar-refractivity contribution in [3.8, 4) is 22.3 Å². The van der Waals surface area contributed by atoms with Crippen LogP contribution >= 0.6 is 15.9 Å². The van der Waals surface area contributed by atoms with Gasteiger partial charge >= 0.3 is 0 Å². The fourth-order valence-corrected chi connectivity index (χ4v) is 6.43. The van der Waals surface area contributed by atoms with Gasteiger partial charge in [0.15, 0.2) is 0 Å². The Hall–Kier alpha value is -3.88. The van der Waals surface area contributed by atoms with E-state index in [1.165, 1.54) is 70.2 Å². The van der Waals surface area contributed by atoms with Gasteiger partial charge in [-0.05, 0) is 132 Å². The lowest BCUT2D eigenvalue weighted by atomic mass is 9.89. The monoisotopic (exact) mass is 581 g/mol. The molecular weight excluding hydrogens is 550 g/mol. The molecule has 0 atom stereocenters. The standard InChI is InChI=1S/C38H32BrN/c39-35-17-23-38(24-18-35)40(36-19-13-29(14-20-36)33-11-9-27-5-1-3-7-31(27)25-33)37-21-15-30(16-22-37)34-12-10-28-6-2-4-8-32(28)26-34/h1,5,9-26H,2-4,6-8H2. The Bertz CT molecular complexity index is 1680. The van der Waals surface area contributed by atoms with Gasteiger partial charge in [-0.3, -0.25) is 0 Å². The number of hydrogen-bond donors (Lipinski definition) is 0. The average molecular weight is 583 g/mol. The smallest absolute Gasteiger partial charge is 0.0462 e. The van der Waals surface area contributed by atoms with Crippen molar-refractivity contribution >= 4 is 39.1 Å².